The lowest BCUT2D eigenvalue weighted by Crippen LogP contribution is -2.52. The zero-order valence-corrected chi connectivity index (χ0v) is 12.5. The third-order valence-electron chi connectivity index (χ3n) is 2.98. The second-order valence-corrected chi connectivity index (χ2v) is 5.13. The summed E-state index contributed by atoms with van der Waals surface area (Å²) in [5.41, 5.74) is -1.13. The van der Waals surface area contributed by atoms with Crippen molar-refractivity contribution in [2.24, 2.45) is 0 Å². The third kappa shape index (κ3) is 3.63. The monoisotopic (exact) mass is 299 g/mol. The number of nitrogens with one attached hydrogen (secondary N) is 1. The van der Waals surface area contributed by atoms with E-state index in [1.54, 1.807) is 6.92 Å². The lowest BCUT2D eigenvalue weighted by atomic mass is 9.95. The van der Waals surface area contributed by atoms with Crippen molar-refractivity contribution in [2.75, 3.05) is 7.11 Å². The molecule has 0 aromatic heterocycles. The summed E-state index contributed by atoms with van der Waals surface area (Å²) in [5.74, 6) is -1.31. The molecule has 6 heteroatoms. The fourth-order valence-corrected chi connectivity index (χ4v) is 2.12. The molecule has 0 heterocycles. The van der Waals surface area contributed by atoms with E-state index in [0.717, 1.165) is 0 Å². The summed E-state index contributed by atoms with van der Waals surface area (Å²) >= 11 is 5.80. The zero-order chi connectivity index (χ0) is 15.3. The first-order chi connectivity index (χ1) is 9.34. The van der Waals surface area contributed by atoms with Gasteiger partial charge in [-0.15, -0.1) is 0 Å². The summed E-state index contributed by atoms with van der Waals surface area (Å²) in [6.07, 6.45) is 1.11. The van der Waals surface area contributed by atoms with Crippen LogP contribution in [0.5, 0.6) is 5.75 Å². The Labute approximate surface area is 122 Å². The number of carbonyl (C=O) groups excluding carboxylic acids is 2. The van der Waals surface area contributed by atoms with Gasteiger partial charge in [-0.1, -0.05) is 24.9 Å². The summed E-state index contributed by atoms with van der Waals surface area (Å²) in [6, 6.07) is 4.14. The number of halogens is 1. The van der Waals surface area contributed by atoms with E-state index in [1.165, 1.54) is 25.3 Å². The molecule has 110 valence electrons. The fraction of sp³-hybridized carbons (Fsp3) is 0.429. The molecule has 0 saturated carbocycles. The van der Waals surface area contributed by atoms with E-state index >= 15 is 0 Å². The minimum atomic E-state index is -1.14. The second kappa shape index (κ2) is 6.61. The van der Waals surface area contributed by atoms with Crippen molar-refractivity contribution in [1.29, 1.82) is 0 Å². The Morgan fingerprint density at radius 2 is 2.10 bits per heavy atom. The van der Waals surface area contributed by atoms with Gasteiger partial charge >= 0.3 is 5.97 Å². The molecule has 1 aromatic carbocycles. The van der Waals surface area contributed by atoms with Crippen molar-refractivity contribution in [1.82, 2.24) is 5.32 Å². The van der Waals surface area contributed by atoms with Crippen molar-refractivity contribution in [2.45, 2.75) is 32.2 Å². The third-order valence-corrected chi connectivity index (χ3v) is 3.21. The molecule has 1 atom stereocenters. The van der Waals surface area contributed by atoms with Gasteiger partial charge in [0.15, 0.2) is 0 Å². The fourth-order valence-electron chi connectivity index (χ4n) is 1.95. The molecule has 0 aliphatic carbocycles. The number of ether oxygens (including phenoxy) is 1. The lowest BCUT2D eigenvalue weighted by molar-refractivity contribution is -0.147. The first-order valence-electron chi connectivity index (χ1n) is 6.23. The van der Waals surface area contributed by atoms with Gasteiger partial charge in [-0.3, -0.25) is 4.79 Å². The van der Waals surface area contributed by atoms with E-state index in [1.807, 2.05) is 6.92 Å². The number of phenolic OH excluding ortho intramolecular Hbond substituents is 1. The zero-order valence-electron chi connectivity index (χ0n) is 11.7. The van der Waals surface area contributed by atoms with Crippen molar-refractivity contribution >= 4 is 23.5 Å². The smallest absolute Gasteiger partial charge is 0.331 e. The van der Waals surface area contributed by atoms with E-state index in [2.05, 4.69) is 5.32 Å². The van der Waals surface area contributed by atoms with Crippen molar-refractivity contribution < 1.29 is 19.4 Å². The molecule has 1 unspecified atom stereocenters. The van der Waals surface area contributed by atoms with Crippen LogP contribution in [-0.4, -0.2) is 29.6 Å². The lowest BCUT2D eigenvalue weighted by Gasteiger charge is -2.27. The van der Waals surface area contributed by atoms with Gasteiger partial charge in [-0.05, 0) is 31.5 Å². The molecule has 2 N–H and O–H groups in total. The minimum absolute atomic E-state index is 0.0173. The first kappa shape index (κ1) is 16.3. The predicted molar refractivity (Wildman–Crippen MR) is 75.9 cm³/mol. The number of methoxy groups -OCH3 is 1. The van der Waals surface area contributed by atoms with E-state index < -0.39 is 17.4 Å². The Hall–Kier alpha value is -1.75. The van der Waals surface area contributed by atoms with Crippen LogP contribution in [0.25, 0.3) is 0 Å². The van der Waals surface area contributed by atoms with Crippen molar-refractivity contribution in [3.05, 3.63) is 28.8 Å². The van der Waals surface area contributed by atoms with Gasteiger partial charge < -0.3 is 15.2 Å². The van der Waals surface area contributed by atoms with Crippen LogP contribution in [-0.2, 0) is 9.53 Å². The topological polar surface area (TPSA) is 75.6 Å². The maximum Gasteiger partial charge on any atom is 0.331 e. The molecule has 0 fully saturated rings. The summed E-state index contributed by atoms with van der Waals surface area (Å²) in [4.78, 5) is 24.0. The number of rotatable bonds is 5. The highest BCUT2D eigenvalue weighted by Crippen LogP contribution is 2.23. The molecule has 1 rings (SSSR count). The Morgan fingerprint density at radius 3 is 2.65 bits per heavy atom. The molecular weight excluding hydrogens is 282 g/mol. The molecule has 0 bridgehead atoms. The van der Waals surface area contributed by atoms with Crippen LogP contribution < -0.4 is 5.32 Å². The quantitative estimate of drug-likeness (QED) is 0.819. The minimum Gasteiger partial charge on any atom is -0.507 e. The number of phenols is 1. The van der Waals surface area contributed by atoms with Gasteiger partial charge in [0.2, 0.25) is 0 Å². The molecule has 0 saturated heterocycles. The highest BCUT2D eigenvalue weighted by atomic mass is 35.5. The van der Waals surface area contributed by atoms with E-state index in [4.69, 9.17) is 16.3 Å². The molecule has 0 aliphatic rings. The van der Waals surface area contributed by atoms with Gasteiger partial charge in [0.25, 0.3) is 5.91 Å². The van der Waals surface area contributed by atoms with Crippen LogP contribution in [0.1, 0.15) is 37.0 Å². The highest BCUT2D eigenvalue weighted by molar-refractivity contribution is 6.31. The Bertz CT molecular complexity index is 518. The Morgan fingerprint density at radius 1 is 1.45 bits per heavy atom. The molecule has 20 heavy (non-hydrogen) atoms. The van der Waals surface area contributed by atoms with Crippen LogP contribution in [0.2, 0.25) is 5.02 Å². The standard InChI is InChI=1S/C14H18ClNO4/c1-4-7-14(2,13(19)20-3)16-12(18)10-8-9(15)5-6-11(10)17/h5-6,8,17H,4,7H2,1-3H3,(H,16,18). The molecule has 0 aliphatic heterocycles. The van der Waals surface area contributed by atoms with Gasteiger partial charge in [-0.25, -0.2) is 4.79 Å². The molecule has 1 amide bonds. The Balaban J connectivity index is 3.02. The maximum absolute atomic E-state index is 12.2. The summed E-state index contributed by atoms with van der Waals surface area (Å²) < 4.78 is 4.72. The molecule has 0 radical (unpaired) electrons. The molecular formula is C14H18ClNO4. The number of carbonyl (C=O) groups is 2. The van der Waals surface area contributed by atoms with Crippen LogP contribution in [0, 0.1) is 0 Å². The van der Waals surface area contributed by atoms with E-state index in [0.29, 0.717) is 17.9 Å². The van der Waals surface area contributed by atoms with E-state index in [-0.39, 0.29) is 11.3 Å². The Kier molecular flexibility index (Phi) is 5.39. The van der Waals surface area contributed by atoms with Gasteiger partial charge in [0.05, 0.1) is 12.7 Å². The van der Waals surface area contributed by atoms with Crippen LogP contribution in [0.4, 0.5) is 0 Å². The van der Waals surface area contributed by atoms with Gasteiger partial charge in [-0.2, -0.15) is 0 Å². The second-order valence-electron chi connectivity index (χ2n) is 4.69. The number of esters is 1. The largest absolute Gasteiger partial charge is 0.507 e. The van der Waals surface area contributed by atoms with Crippen LogP contribution in [0.15, 0.2) is 18.2 Å². The van der Waals surface area contributed by atoms with Crippen LogP contribution in [0.3, 0.4) is 0 Å². The van der Waals surface area contributed by atoms with E-state index in [9.17, 15) is 14.7 Å². The average molecular weight is 300 g/mol. The normalized spacial score (nSPS) is 13.4. The average Bonchev–Trinajstić information content (AvgIpc) is 2.40. The molecule has 0 spiro atoms. The number of hydrogen-bond donors (Lipinski definition) is 2. The van der Waals surface area contributed by atoms with Gasteiger partial charge in [0, 0.05) is 5.02 Å². The molecule has 1 aromatic rings. The number of benzene rings is 1. The summed E-state index contributed by atoms with van der Waals surface area (Å²) in [5, 5.41) is 12.6. The number of amides is 1. The highest BCUT2D eigenvalue weighted by Gasteiger charge is 2.35. The van der Waals surface area contributed by atoms with Crippen molar-refractivity contribution in [3.63, 3.8) is 0 Å². The maximum atomic E-state index is 12.2. The summed E-state index contributed by atoms with van der Waals surface area (Å²) in [6.45, 7) is 3.48. The summed E-state index contributed by atoms with van der Waals surface area (Å²) in [7, 11) is 1.26. The number of aromatic hydroxyl groups is 1. The predicted octanol–water partition coefficient (Wildman–Crippen LogP) is 2.51. The van der Waals surface area contributed by atoms with Gasteiger partial charge in [0.1, 0.15) is 11.3 Å². The van der Waals surface area contributed by atoms with Crippen molar-refractivity contribution in [3.8, 4) is 5.75 Å². The SMILES string of the molecule is CCCC(C)(NC(=O)c1cc(Cl)ccc1O)C(=O)OC. The first-order valence-corrected chi connectivity index (χ1v) is 6.61. The molecule has 5 nitrogen and oxygen atoms in total. The number of hydrogen-bond acceptors (Lipinski definition) is 4. The van der Waals surface area contributed by atoms with Crippen LogP contribution >= 0.6 is 11.6 Å².